The molecule has 7 nitrogen and oxygen atoms in total. The van der Waals surface area contributed by atoms with Crippen molar-refractivity contribution in [3.8, 4) is 0 Å². The SMILES string of the molecule is COC(=O)c1c2nc3ccccc3nc2n2c1[nH]c(=O)c1ccccc12. The van der Waals surface area contributed by atoms with E-state index in [9.17, 15) is 9.59 Å². The molecule has 0 aliphatic heterocycles. The fourth-order valence-corrected chi connectivity index (χ4v) is 3.33. The van der Waals surface area contributed by atoms with E-state index in [2.05, 4.69) is 9.97 Å². The lowest BCUT2D eigenvalue weighted by atomic mass is 10.2. The Labute approximate surface area is 145 Å². The third kappa shape index (κ3) is 1.82. The zero-order valence-electron chi connectivity index (χ0n) is 13.7. The number of nitrogens with one attached hydrogen (secondary N) is 1. The molecule has 126 valence electrons. The van der Waals surface area contributed by atoms with Gasteiger partial charge in [-0.25, -0.2) is 14.8 Å². The van der Waals surface area contributed by atoms with Crippen LogP contribution in [0.25, 0.3) is 38.7 Å². The number of benzene rings is 2. The molecule has 0 aliphatic rings. The summed E-state index contributed by atoms with van der Waals surface area (Å²) in [6.07, 6.45) is 0. The van der Waals surface area contributed by atoms with Crippen LogP contribution >= 0.6 is 0 Å². The Hall–Kier alpha value is -3.74. The van der Waals surface area contributed by atoms with E-state index in [4.69, 9.17) is 9.72 Å². The van der Waals surface area contributed by atoms with Gasteiger partial charge in [0.25, 0.3) is 5.56 Å². The molecule has 0 spiro atoms. The summed E-state index contributed by atoms with van der Waals surface area (Å²) in [5.41, 5.74) is 3.13. The highest BCUT2D eigenvalue weighted by Crippen LogP contribution is 2.27. The number of carbonyl (C=O) groups excluding carboxylic acids is 1. The van der Waals surface area contributed by atoms with Gasteiger partial charge in [-0.1, -0.05) is 24.3 Å². The number of hydrogen-bond donors (Lipinski definition) is 1. The highest BCUT2D eigenvalue weighted by atomic mass is 16.5. The van der Waals surface area contributed by atoms with Crippen LogP contribution in [0.5, 0.6) is 0 Å². The van der Waals surface area contributed by atoms with E-state index in [-0.39, 0.29) is 11.1 Å². The topological polar surface area (TPSA) is 89.3 Å². The second-order valence-electron chi connectivity index (χ2n) is 5.91. The molecule has 0 fully saturated rings. The molecule has 0 unspecified atom stereocenters. The second-order valence-corrected chi connectivity index (χ2v) is 5.91. The summed E-state index contributed by atoms with van der Waals surface area (Å²) in [5.74, 6) is -0.576. The summed E-state index contributed by atoms with van der Waals surface area (Å²) in [5, 5.41) is 0.503. The maximum absolute atomic E-state index is 12.5. The van der Waals surface area contributed by atoms with Gasteiger partial charge in [-0.05, 0) is 24.3 Å². The number of hydrogen-bond acceptors (Lipinski definition) is 5. The molecule has 0 amide bonds. The number of fused-ring (bicyclic) bond motifs is 6. The first-order chi connectivity index (χ1) is 12.7. The van der Waals surface area contributed by atoms with Gasteiger partial charge in [0.2, 0.25) is 0 Å². The number of ether oxygens (including phenoxy) is 1. The fourth-order valence-electron chi connectivity index (χ4n) is 3.33. The van der Waals surface area contributed by atoms with Gasteiger partial charge in [-0.2, -0.15) is 0 Å². The molecule has 5 rings (SSSR count). The van der Waals surface area contributed by atoms with Crippen molar-refractivity contribution >= 4 is 44.7 Å². The number of para-hydroxylation sites is 3. The van der Waals surface area contributed by atoms with E-state index in [1.165, 1.54) is 7.11 Å². The van der Waals surface area contributed by atoms with Crippen molar-refractivity contribution < 1.29 is 9.53 Å². The van der Waals surface area contributed by atoms with Gasteiger partial charge in [0.1, 0.15) is 16.7 Å². The van der Waals surface area contributed by atoms with Crippen LogP contribution in [0.2, 0.25) is 0 Å². The predicted molar refractivity (Wildman–Crippen MR) is 97.5 cm³/mol. The first-order valence-corrected chi connectivity index (χ1v) is 7.99. The molecular weight excluding hydrogens is 332 g/mol. The van der Waals surface area contributed by atoms with Crippen LogP contribution in [0.4, 0.5) is 0 Å². The molecule has 3 aromatic heterocycles. The minimum atomic E-state index is -0.576. The zero-order chi connectivity index (χ0) is 17.8. The average molecular weight is 344 g/mol. The van der Waals surface area contributed by atoms with Crippen LogP contribution in [0, 0.1) is 0 Å². The minimum absolute atomic E-state index is 0.198. The number of nitrogens with zero attached hydrogens (tertiary/aromatic N) is 3. The summed E-state index contributed by atoms with van der Waals surface area (Å²) in [4.78, 5) is 37.1. The van der Waals surface area contributed by atoms with Gasteiger partial charge in [0.05, 0.1) is 29.0 Å². The van der Waals surface area contributed by atoms with Crippen LogP contribution in [0.15, 0.2) is 53.3 Å². The zero-order valence-corrected chi connectivity index (χ0v) is 13.7. The number of H-pyrrole nitrogens is 1. The molecule has 7 heteroatoms. The Kier molecular flexibility index (Phi) is 2.88. The van der Waals surface area contributed by atoms with Crippen LogP contribution < -0.4 is 5.56 Å². The van der Waals surface area contributed by atoms with Crippen molar-refractivity contribution in [1.29, 1.82) is 0 Å². The molecule has 0 bridgehead atoms. The number of aromatic nitrogens is 4. The molecule has 0 radical (unpaired) electrons. The van der Waals surface area contributed by atoms with Crippen molar-refractivity contribution in [2.45, 2.75) is 0 Å². The van der Waals surface area contributed by atoms with Gasteiger partial charge >= 0.3 is 5.97 Å². The second kappa shape index (κ2) is 5.13. The molecule has 0 saturated carbocycles. The lowest BCUT2D eigenvalue weighted by Crippen LogP contribution is -2.11. The Bertz CT molecular complexity index is 1420. The lowest BCUT2D eigenvalue weighted by molar-refractivity contribution is 0.0604. The Morgan fingerprint density at radius 3 is 2.50 bits per heavy atom. The van der Waals surface area contributed by atoms with Gasteiger partial charge in [0.15, 0.2) is 5.65 Å². The van der Waals surface area contributed by atoms with Crippen LogP contribution in [0.3, 0.4) is 0 Å². The van der Waals surface area contributed by atoms with Gasteiger partial charge in [0, 0.05) is 0 Å². The molecule has 0 atom stereocenters. The van der Waals surface area contributed by atoms with E-state index in [1.54, 1.807) is 16.5 Å². The minimum Gasteiger partial charge on any atom is -0.465 e. The normalized spacial score (nSPS) is 11.6. The summed E-state index contributed by atoms with van der Waals surface area (Å²) in [7, 11) is 1.30. The van der Waals surface area contributed by atoms with Crippen molar-refractivity contribution in [1.82, 2.24) is 19.4 Å². The van der Waals surface area contributed by atoms with E-state index in [1.807, 2.05) is 36.4 Å². The van der Waals surface area contributed by atoms with Gasteiger partial charge in [-0.3, -0.25) is 9.20 Å². The Morgan fingerprint density at radius 1 is 1.04 bits per heavy atom. The molecule has 5 aromatic rings. The average Bonchev–Trinajstić information content (AvgIpc) is 2.98. The van der Waals surface area contributed by atoms with Crippen LogP contribution in [-0.2, 0) is 4.74 Å². The van der Waals surface area contributed by atoms with Crippen molar-refractivity contribution in [2.75, 3.05) is 7.11 Å². The molecule has 1 N–H and O–H groups in total. The summed E-state index contributed by atoms with van der Waals surface area (Å²) >= 11 is 0. The van der Waals surface area contributed by atoms with Crippen molar-refractivity contribution in [3.05, 3.63) is 64.4 Å². The Balaban J connectivity index is 2.14. The van der Waals surface area contributed by atoms with Crippen molar-refractivity contribution in [3.63, 3.8) is 0 Å². The lowest BCUT2D eigenvalue weighted by Gasteiger charge is -2.03. The van der Waals surface area contributed by atoms with E-state index >= 15 is 0 Å². The monoisotopic (exact) mass is 344 g/mol. The third-order valence-electron chi connectivity index (χ3n) is 4.47. The van der Waals surface area contributed by atoms with Crippen LogP contribution in [0.1, 0.15) is 10.4 Å². The fraction of sp³-hybridized carbons (Fsp3) is 0.0526. The molecule has 0 saturated heterocycles. The molecule has 2 aromatic carbocycles. The highest BCUT2D eigenvalue weighted by Gasteiger charge is 2.24. The van der Waals surface area contributed by atoms with Crippen molar-refractivity contribution in [2.24, 2.45) is 0 Å². The van der Waals surface area contributed by atoms with Crippen LogP contribution in [-0.4, -0.2) is 32.4 Å². The number of aromatic amines is 1. The first-order valence-electron chi connectivity index (χ1n) is 7.99. The summed E-state index contributed by atoms with van der Waals surface area (Å²) < 4.78 is 6.68. The maximum atomic E-state index is 12.5. The summed E-state index contributed by atoms with van der Waals surface area (Å²) in [6, 6.07) is 14.6. The van der Waals surface area contributed by atoms with E-state index in [0.717, 1.165) is 0 Å². The van der Waals surface area contributed by atoms with Gasteiger partial charge < -0.3 is 9.72 Å². The predicted octanol–water partition coefficient (Wildman–Crippen LogP) is 2.66. The number of methoxy groups -OCH3 is 1. The molecular formula is C19H12N4O3. The van der Waals surface area contributed by atoms with E-state index in [0.29, 0.717) is 38.7 Å². The largest absolute Gasteiger partial charge is 0.465 e. The quantitative estimate of drug-likeness (QED) is 0.472. The molecule has 26 heavy (non-hydrogen) atoms. The van der Waals surface area contributed by atoms with Gasteiger partial charge in [-0.15, -0.1) is 0 Å². The third-order valence-corrected chi connectivity index (χ3v) is 4.47. The standard InChI is InChI=1S/C19H12N4O3/c1-26-19(25)14-15-17(21-12-8-4-3-7-11(12)20-15)23-13-9-5-2-6-10(13)18(24)22-16(14)23/h2-9H,1H3,(H,22,24). The molecule has 3 heterocycles. The van der Waals surface area contributed by atoms with E-state index < -0.39 is 5.97 Å². The maximum Gasteiger partial charge on any atom is 0.343 e. The number of carbonyl (C=O) groups is 1. The first kappa shape index (κ1) is 14.6. The number of rotatable bonds is 1. The number of esters is 1. The molecule has 0 aliphatic carbocycles. The smallest absolute Gasteiger partial charge is 0.343 e. The highest BCUT2D eigenvalue weighted by molar-refractivity contribution is 6.11. The summed E-state index contributed by atoms with van der Waals surface area (Å²) in [6.45, 7) is 0. The Morgan fingerprint density at radius 2 is 1.73 bits per heavy atom.